The SMILES string of the molecule is COC(=O)c1cccc(N2C(=O)C(O)=C(C(=O)C(C)C)C2c2ccc(C(C)(C)C)cc2)c1. The molecule has 0 fully saturated rings. The fourth-order valence-corrected chi connectivity index (χ4v) is 3.82. The van der Waals surface area contributed by atoms with Gasteiger partial charge in [-0.15, -0.1) is 0 Å². The van der Waals surface area contributed by atoms with Gasteiger partial charge in [0.15, 0.2) is 11.5 Å². The number of aliphatic hydroxyl groups excluding tert-OH is 1. The van der Waals surface area contributed by atoms with Gasteiger partial charge < -0.3 is 9.84 Å². The van der Waals surface area contributed by atoms with Gasteiger partial charge in [-0.1, -0.05) is 65.0 Å². The van der Waals surface area contributed by atoms with Crippen molar-refractivity contribution in [3.05, 3.63) is 76.6 Å². The molecule has 168 valence electrons. The monoisotopic (exact) mass is 435 g/mol. The van der Waals surface area contributed by atoms with Crippen molar-refractivity contribution in [1.82, 2.24) is 0 Å². The Morgan fingerprint density at radius 3 is 2.22 bits per heavy atom. The Kier molecular flexibility index (Phi) is 6.26. The molecule has 0 aromatic heterocycles. The number of esters is 1. The molecule has 0 saturated heterocycles. The molecule has 1 aliphatic rings. The van der Waals surface area contributed by atoms with Crippen LogP contribution in [0.2, 0.25) is 0 Å². The van der Waals surface area contributed by atoms with Crippen molar-refractivity contribution in [3.63, 3.8) is 0 Å². The number of amides is 1. The van der Waals surface area contributed by atoms with Gasteiger partial charge in [-0.3, -0.25) is 14.5 Å². The number of hydrogen-bond acceptors (Lipinski definition) is 5. The number of carbonyl (C=O) groups excluding carboxylic acids is 3. The second kappa shape index (κ2) is 8.61. The normalized spacial score (nSPS) is 16.7. The molecule has 0 saturated carbocycles. The molecule has 1 N–H and O–H groups in total. The first-order valence-corrected chi connectivity index (χ1v) is 10.6. The van der Waals surface area contributed by atoms with Gasteiger partial charge in [-0.05, 0) is 34.7 Å². The van der Waals surface area contributed by atoms with Crippen LogP contribution >= 0.6 is 0 Å². The molecule has 1 aliphatic heterocycles. The summed E-state index contributed by atoms with van der Waals surface area (Å²) in [5.41, 5.74) is 2.46. The van der Waals surface area contributed by atoms with E-state index in [-0.39, 0.29) is 22.3 Å². The van der Waals surface area contributed by atoms with Crippen LogP contribution in [0.1, 0.15) is 62.1 Å². The Bertz CT molecular complexity index is 1090. The van der Waals surface area contributed by atoms with Gasteiger partial charge in [-0.2, -0.15) is 0 Å². The fraction of sp³-hybridized carbons (Fsp3) is 0.346. The second-order valence-corrected chi connectivity index (χ2v) is 9.27. The molecule has 6 nitrogen and oxygen atoms in total. The zero-order chi connectivity index (χ0) is 23.8. The van der Waals surface area contributed by atoms with Crippen molar-refractivity contribution in [1.29, 1.82) is 0 Å². The molecule has 1 heterocycles. The predicted octanol–water partition coefficient (Wildman–Crippen LogP) is 4.90. The van der Waals surface area contributed by atoms with E-state index >= 15 is 0 Å². The van der Waals surface area contributed by atoms with Crippen molar-refractivity contribution < 1.29 is 24.2 Å². The van der Waals surface area contributed by atoms with Crippen molar-refractivity contribution in [2.75, 3.05) is 12.0 Å². The van der Waals surface area contributed by atoms with Crippen LogP contribution in [-0.2, 0) is 19.7 Å². The third-order valence-corrected chi connectivity index (χ3v) is 5.64. The Balaban J connectivity index is 2.17. The molecule has 1 atom stereocenters. The Morgan fingerprint density at radius 1 is 1.06 bits per heavy atom. The second-order valence-electron chi connectivity index (χ2n) is 9.27. The minimum Gasteiger partial charge on any atom is -0.503 e. The van der Waals surface area contributed by atoms with E-state index in [1.165, 1.54) is 18.1 Å². The number of methoxy groups -OCH3 is 1. The minimum atomic E-state index is -0.806. The van der Waals surface area contributed by atoms with Gasteiger partial charge in [0.05, 0.1) is 24.3 Å². The topological polar surface area (TPSA) is 83.9 Å². The van der Waals surface area contributed by atoms with Crippen LogP contribution < -0.4 is 4.90 Å². The lowest BCUT2D eigenvalue weighted by Gasteiger charge is -2.28. The molecular formula is C26H29NO5. The standard InChI is InChI=1S/C26H29NO5/c1-15(2)22(28)20-21(16-10-12-18(13-11-16)26(3,4)5)27(24(30)23(20)29)19-9-7-8-17(14-19)25(31)32-6/h7-15,21,29H,1-6H3. The minimum absolute atomic E-state index is 0.0624. The maximum absolute atomic E-state index is 13.2. The summed E-state index contributed by atoms with van der Waals surface area (Å²) in [5.74, 6) is -2.48. The number of aliphatic hydroxyl groups is 1. The van der Waals surface area contributed by atoms with Gasteiger partial charge in [0.25, 0.3) is 5.91 Å². The van der Waals surface area contributed by atoms with Gasteiger partial charge in [0, 0.05) is 11.6 Å². The predicted molar refractivity (Wildman–Crippen MR) is 123 cm³/mol. The summed E-state index contributed by atoms with van der Waals surface area (Å²) in [5, 5.41) is 10.7. The number of ether oxygens (including phenoxy) is 1. The first-order valence-electron chi connectivity index (χ1n) is 10.6. The Hall–Kier alpha value is -3.41. The van der Waals surface area contributed by atoms with E-state index in [1.807, 2.05) is 24.3 Å². The van der Waals surface area contributed by atoms with Gasteiger partial charge in [0.2, 0.25) is 0 Å². The van der Waals surface area contributed by atoms with Gasteiger partial charge >= 0.3 is 5.97 Å². The summed E-state index contributed by atoms with van der Waals surface area (Å²) >= 11 is 0. The maximum Gasteiger partial charge on any atom is 0.337 e. The van der Waals surface area contributed by atoms with Crippen molar-refractivity contribution in [2.45, 2.75) is 46.1 Å². The average molecular weight is 436 g/mol. The number of ketones is 1. The van der Waals surface area contributed by atoms with Crippen molar-refractivity contribution in [2.24, 2.45) is 5.92 Å². The highest BCUT2D eigenvalue weighted by Gasteiger charge is 2.45. The molecule has 0 radical (unpaired) electrons. The van der Waals surface area contributed by atoms with E-state index in [4.69, 9.17) is 4.74 Å². The number of nitrogens with zero attached hydrogens (tertiary/aromatic N) is 1. The van der Waals surface area contributed by atoms with Crippen LogP contribution in [0.25, 0.3) is 0 Å². The summed E-state index contributed by atoms with van der Waals surface area (Å²) in [4.78, 5) is 39.6. The van der Waals surface area contributed by atoms with Crippen LogP contribution in [0.15, 0.2) is 59.9 Å². The van der Waals surface area contributed by atoms with Crippen LogP contribution in [0.5, 0.6) is 0 Å². The third kappa shape index (κ3) is 4.17. The van der Waals surface area contributed by atoms with E-state index in [0.717, 1.165) is 5.56 Å². The quantitative estimate of drug-likeness (QED) is 0.676. The van der Waals surface area contributed by atoms with E-state index in [9.17, 15) is 19.5 Å². The van der Waals surface area contributed by atoms with Crippen LogP contribution in [-0.4, -0.2) is 29.9 Å². The van der Waals surface area contributed by atoms with Crippen LogP contribution in [0.4, 0.5) is 5.69 Å². The highest BCUT2D eigenvalue weighted by atomic mass is 16.5. The number of carbonyl (C=O) groups is 3. The maximum atomic E-state index is 13.2. The molecule has 0 spiro atoms. The smallest absolute Gasteiger partial charge is 0.337 e. The summed E-state index contributed by atoms with van der Waals surface area (Å²) in [6.45, 7) is 9.77. The summed E-state index contributed by atoms with van der Waals surface area (Å²) < 4.78 is 4.79. The molecule has 1 amide bonds. The molecule has 6 heteroatoms. The summed E-state index contributed by atoms with van der Waals surface area (Å²) in [7, 11) is 1.28. The number of benzene rings is 2. The van der Waals surface area contributed by atoms with Crippen LogP contribution in [0.3, 0.4) is 0 Å². The van der Waals surface area contributed by atoms with E-state index in [0.29, 0.717) is 11.3 Å². The number of anilines is 1. The molecule has 0 bridgehead atoms. The zero-order valence-electron chi connectivity index (χ0n) is 19.3. The number of rotatable bonds is 5. The van der Waals surface area contributed by atoms with E-state index in [2.05, 4.69) is 20.8 Å². The lowest BCUT2D eigenvalue weighted by molar-refractivity contribution is -0.119. The molecule has 0 aliphatic carbocycles. The molecule has 2 aromatic rings. The number of Topliss-reactive ketones (excluding diaryl/α,β-unsaturated/α-hetero) is 1. The zero-order valence-corrected chi connectivity index (χ0v) is 19.3. The first kappa shape index (κ1) is 23.3. The lowest BCUT2D eigenvalue weighted by Crippen LogP contribution is -2.31. The molecule has 3 rings (SSSR count). The third-order valence-electron chi connectivity index (χ3n) is 5.64. The van der Waals surface area contributed by atoms with Crippen molar-refractivity contribution in [3.8, 4) is 0 Å². The Labute approximate surface area is 188 Å². The van der Waals surface area contributed by atoms with Gasteiger partial charge in [0.1, 0.15) is 0 Å². The highest BCUT2D eigenvalue weighted by molar-refractivity contribution is 6.17. The number of hydrogen-bond donors (Lipinski definition) is 1. The lowest BCUT2D eigenvalue weighted by atomic mass is 9.85. The van der Waals surface area contributed by atoms with E-state index < -0.39 is 29.6 Å². The molecule has 2 aromatic carbocycles. The van der Waals surface area contributed by atoms with Gasteiger partial charge in [-0.25, -0.2) is 4.79 Å². The van der Waals surface area contributed by atoms with E-state index in [1.54, 1.807) is 32.0 Å². The molecule has 32 heavy (non-hydrogen) atoms. The fourth-order valence-electron chi connectivity index (χ4n) is 3.82. The highest BCUT2D eigenvalue weighted by Crippen LogP contribution is 2.42. The largest absolute Gasteiger partial charge is 0.503 e. The Morgan fingerprint density at radius 2 is 1.69 bits per heavy atom. The average Bonchev–Trinajstić information content (AvgIpc) is 3.02. The van der Waals surface area contributed by atoms with Crippen molar-refractivity contribution >= 4 is 23.3 Å². The summed E-state index contributed by atoms with van der Waals surface area (Å²) in [6, 6.07) is 13.3. The first-order chi connectivity index (χ1) is 15.0. The molecule has 1 unspecified atom stereocenters. The van der Waals surface area contributed by atoms with Crippen LogP contribution in [0, 0.1) is 5.92 Å². The molecular weight excluding hydrogens is 406 g/mol. The summed E-state index contributed by atoms with van der Waals surface area (Å²) in [6.07, 6.45) is 0.